The van der Waals surface area contributed by atoms with Crippen LogP contribution in [0.3, 0.4) is 0 Å². The number of carbonyl (C=O) groups is 3. The molecule has 186 valence electrons. The van der Waals surface area contributed by atoms with Crippen LogP contribution in [0.5, 0.6) is 0 Å². The summed E-state index contributed by atoms with van der Waals surface area (Å²) in [5.74, 6) is -1.23. The van der Waals surface area contributed by atoms with Gasteiger partial charge in [-0.1, -0.05) is 38.0 Å². The molecule has 33 heavy (non-hydrogen) atoms. The highest BCUT2D eigenvalue weighted by atomic mass is 32.2. The van der Waals surface area contributed by atoms with Crippen LogP contribution < -0.4 is 16.4 Å². The number of rotatable bonds is 7. The summed E-state index contributed by atoms with van der Waals surface area (Å²) in [7, 11) is -4.02. The van der Waals surface area contributed by atoms with Crippen LogP contribution >= 0.6 is 0 Å². The summed E-state index contributed by atoms with van der Waals surface area (Å²) >= 11 is 0. The molecule has 2 rings (SSSR count). The summed E-state index contributed by atoms with van der Waals surface area (Å²) in [6.45, 7) is 7.64. The van der Waals surface area contributed by atoms with Gasteiger partial charge in [0.2, 0.25) is 11.8 Å². The number of nitrogens with one attached hydrogen (secondary N) is 2. The second kappa shape index (κ2) is 12.7. The molecule has 0 radical (unpaired) electrons. The topological polar surface area (TPSA) is 176 Å². The molecular weight excluding hydrogens is 450 g/mol. The average molecular weight is 486 g/mol. The van der Waals surface area contributed by atoms with E-state index in [-0.39, 0.29) is 16.8 Å². The summed E-state index contributed by atoms with van der Waals surface area (Å²) in [4.78, 5) is 34.4. The Balaban J connectivity index is 0.000000412. The molecule has 10 nitrogen and oxygen atoms in total. The van der Waals surface area contributed by atoms with Crippen molar-refractivity contribution in [2.45, 2.75) is 76.4 Å². The predicted octanol–water partition coefficient (Wildman–Crippen LogP) is 1.48. The average Bonchev–Trinajstić information content (AvgIpc) is 2.70. The molecule has 1 aromatic carbocycles. The van der Waals surface area contributed by atoms with E-state index in [4.69, 9.17) is 15.4 Å². The zero-order valence-electron chi connectivity index (χ0n) is 19.4. The van der Waals surface area contributed by atoms with Gasteiger partial charge in [-0.05, 0) is 50.7 Å². The molecule has 0 bridgehead atoms. The molecule has 1 aliphatic rings. The van der Waals surface area contributed by atoms with E-state index in [2.05, 4.69) is 24.5 Å². The molecule has 2 amide bonds. The molecule has 6 N–H and O–H groups in total. The van der Waals surface area contributed by atoms with Crippen LogP contribution in [-0.4, -0.2) is 54.0 Å². The first-order chi connectivity index (χ1) is 15.2. The summed E-state index contributed by atoms with van der Waals surface area (Å²) in [6.07, 6.45) is 2.88. The number of aliphatic carboxylic acids is 1. The Bertz CT molecular complexity index is 908. The van der Waals surface area contributed by atoms with Crippen molar-refractivity contribution in [2.75, 3.05) is 0 Å². The molecular formula is C22H35N3O7S. The molecule has 0 spiro atoms. The minimum Gasteiger partial charge on any atom is -0.481 e. The van der Waals surface area contributed by atoms with Crippen LogP contribution in [0.1, 0.15) is 52.0 Å². The SMILES string of the molecule is CC1CCCC(C)C1NC(=O)[C@@H](C)NC(=O)[C@@H](N)CC(=O)O.Cc1ccc(S(=O)(=O)O)cc1. The molecule has 1 fully saturated rings. The van der Waals surface area contributed by atoms with Crippen molar-refractivity contribution < 1.29 is 32.5 Å². The van der Waals surface area contributed by atoms with Crippen LogP contribution in [0.25, 0.3) is 0 Å². The van der Waals surface area contributed by atoms with Gasteiger partial charge in [0, 0.05) is 6.04 Å². The fraction of sp³-hybridized carbons (Fsp3) is 0.591. The van der Waals surface area contributed by atoms with Gasteiger partial charge in [-0.15, -0.1) is 0 Å². The monoisotopic (exact) mass is 485 g/mol. The van der Waals surface area contributed by atoms with E-state index in [9.17, 15) is 22.8 Å². The Hall–Kier alpha value is -2.50. The zero-order valence-corrected chi connectivity index (χ0v) is 20.3. The lowest BCUT2D eigenvalue weighted by Gasteiger charge is -2.35. The van der Waals surface area contributed by atoms with E-state index < -0.39 is 40.5 Å². The van der Waals surface area contributed by atoms with Gasteiger partial charge in [0.05, 0.1) is 17.4 Å². The first-order valence-electron chi connectivity index (χ1n) is 10.8. The quantitative estimate of drug-likeness (QED) is 0.361. The highest BCUT2D eigenvalue weighted by Gasteiger charge is 2.30. The lowest BCUT2D eigenvalue weighted by molar-refractivity contribution is -0.139. The maximum Gasteiger partial charge on any atom is 0.305 e. The van der Waals surface area contributed by atoms with E-state index >= 15 is 0 Å². The van der Waals surface area contributed by atoms with E-state index in [1.54, 1.807) is 19.1 Å². The molecule has 0 saturated heterocycles. The Morgan fingerprint density at radius 2 is 1.61 bits per heavy atom. The fourth-order valence-electron chi connectivity index (χ4n) is 3.63. The fourth-order valence-corrected chi connectivity index (χ4v) is 4.11. The molecule has 4 atom stereocenters. The van der Waals surface area contributed by atoms with E-state index in [1.165, 1.54) is 18.6 Å². The van der Waals surface area contributed by atoms with Gasteiger partial charge in [0.15, 0.2) is 0 Å². The Labute approximate surface area is 195 Å². The van der Waals surface area contributed by atoms with Crippen molar-refractivity contribution in [1.29, 1.82) is 0 Å². The molecule has 0 aliphatic heterocycles. The molecule has 1 aliphatic carbocycles. The van der Waals surface area contributed by atoms with Crippen molar-refractivity contribution in [3.05, 3.63) is 29.8 Å². The molecule has 1 saturated carbocycles. The third-order valence-electron chi connectivity index (χ3n) is 5.66. The number of aryl methyl sites for hydroxylation is 1. The maximum absolute atomic E-state index is 12.2. The van der Waals surface area contributed by atoms with Gasteiger partial charge < -0.3 is 21.5 Å². The lowest BCUT2D eigenvalue weighted by atomic mass is 9.78. The van der Waals surface area contributed by atoms with Crippen LogP contribution in [0.15, 0.2) is 29.2 Å². The first-order valence-corrected chi connectivity index (χ1v) is 12.3. The Morgan fingerprint density at radius 1 is 1.09 bits per heavy atom. The summed E-state index contributed by atoms with van der Waals surface area (Å²) in [6, 6.07) is 4.20. The van der Waals surface area contributed by atoms with Crippen molar-refractivity contribution in [1.82, 2.24) is 10.6 Å². The maximum atomic E-state index is 12.2. The number of nitrogens with two attached hydrogens (primary N) is 1. The van der Waals surface area contributed by atoms with E-state index in [0.717, 1.165) is 18.4 Å². The van der Waals surface area contributed by atoms with Crippen LogP contribution in [0.4, 0.5) is 0 Å². The Morgan fingerprint density at radius 3 is 2.06 bits per heavy atom. The van der Waals surface area contributed by atoms with Gasteiger partial charge in [-0.3, -0.25) is 18.9 Å². The molecule has 2 unspecified atom stereocenters. The number of carbonyl (C=O) groups excluding carboxylic acids is 2. The number of amides is 2. The number of hydrogen-bond acceptors (Lipinski definition) is 6. The highest BCUT2D eigenvalue weighted by Crippen LogP contribution is 2.28. The van der Waals surface area contributed by atoms with Crippen molar-refractivity contribution in [2.24, 2.45) is 17.6 Å². The van der Waals surface area contributed by atoms with Crippen molar-refractivity contribution in [3.63, 3.8) is 0 Å². The standard InChI is InChI=1S/C15H27N3O4.C7H8O3S/c1-8-5-4-6-9(2)13(8)18-14(21)10(3)17-15(22)11(16)7-12(19)20;1-6-2-4-7(5-3-6)11(8,9)10/h8-11,13H,4-7,16H2,1-3H3,(H,17,22)(H,18,21)(H,19,20);2-5H,1H3,(H,8,9,10)/t8?,9?,10-,11+,13?;/m1./s1. The minimum absolute atomic E-state index is 0.0666. The second-order valence-corrected chi connectivity index (χ2v) is 10.1. The number of carboxylic acids is 1. The lowest BCUT2D eigenvalue weighted by Crippen LogP contribution is -2.54. The van der Waals surface area contributed by atoms with Gasteiger partial charge in [-0.2, -0.15) is 8.42 Å². The highest BCUT2D eigenvalue weighted by molar-refractivity contribution is 7.85. The number of benzene rings is 1. The van der Waals surface area contributed by atoms with Gasteiger partial charge in [-0.25, -0.2) is 0 Å². The third kappa shape index (κ3) is 9.89. The zero-order chi connectivity index (χ0) is 25.3. The van der Waals surface area contributed by atoms with E-state index in [0.29, 0.717) is 11.8 Å². The number of hydrogen-bond donors (Lipinski definition) is 5. The van der Waals surface area contributed by atoms with Crippen LogP contribution in [-0.2, 0) is 24.5 Å². The molecule has 1 aromatic rings. The summed E-state index contributed by atoms with van der Waals surface area (Å²) in [5, 5.41) is 14.1. The smallest absolute Gasteiger partial charge is 0.305 e. The van der Waals surface area contributed by atoms with Crippen LogP contribution in [0.2, 0.25) is 0 Å². The predicted molar refractivity (Wildman–Crippen MR) is 123 cm³/mol. The molecule has 11 heteroatoms. The van der Waals surface area contributed by atoms with Gasteiger partial charge >= 0.3 is 5.97 Å². The third-order valence-corrected chi connectivity index (χ3v) is 6.52. The van der Waals surface area contributed by atoms with Crippen molar-refractivity contribution in [3.8, 4) is 0 Å². The normalized spacial score (nSPS) is 22.2. The summed E-state index contributed by atoms with van der Waals surface area (Å²) < 4.78 is 29.6. The summed E-state index contributed by atoms with van der Waals surface area (Å²) in [5.41, 5.74) is 6.43. The second-order valence-electron chi connectivity index (χ2n) is 8.64. The molecule has 0 aromatic heterocycles. The van der Waals surface area contributed by atoms with Gasteiger partial charge in [0.25, 0.3) is 10.1 Å². The number of carboxylic acid groups (broad SMARTS) is 1. The van der Waals surface area contributed by atoms with Crippen molar-refractivity contribution >= 4 is 27.9 Å². The van der Waals surface area contributed by atoms with E-state index in [1.807, 2.05) is 6.92 Å². The first kappa shape index (κ1) is 28.5. The minimum atomic E-state index is -4.02. The van der Waals surface area contributed by atoms with Crippen LogP contribution in [0, 0.1) is 18.8 Å². The molecule has 0 heterocycles. The largest absolute Gasteiger partial charge is 0.481 e. The van der Waals surface area contributed by atoms with Gasteiger partial charge in [0.1, 0.15) is 6.04 Å². The Kier molecular flexibility index (Phi) is 10.9.